The lowest BCUT2D eigenvalue weighted by molar-refractivity contribution is -0.144. The van der Waals surface area contributed by atoms with E-state index in [0.29, 0.717) is 0 Å². The van der Waals surface area contributed by atoms with E-state index in [9.17, 15) is 9.59 Å². The van der Waals surface area contributed by atoms with Crippen LogP contribution in [-0.4, -0.2) is 50.8 Å². The fourth-order valence-electron chi connectivity index (χ4n) is 0.683. The van der Waals surface area contributed by atoms with Gasteiger partial charge in [-0.1, -0.05) is 0 Å². The quantitative estimate of drug-likeness (QED) is 0.473. The predicted octanol–water partition coefficient (Wildman–Crippen LogP) is -2.15. The second-order valence-electron chi connectivity index (χ2n) is 2.46. The van der Waals surface area contributed by atoms with Crippen molar-refractivity contribution in [3.05, 3.63) is 0 Å². The van der Waals surface area contributed by atoms with E-state index in [4.69, 9.17) is 14.7 Å². The van der Waals surface area contributed by atoms with Gasteiger partial charge in [0.25, 0.3) is 5.97 Å². The molecule has 1 aliphatic heterocycles. The zero-order valence-electron chi connectivity index (χ0n) is 6.87. The Morgan fingerprint density at radius 1 is 1.29 bits per heavy atom. The molecule has 0 amide bonds. The van der Waals surface area contributed by atoms with E-state index in [1.54, 1.807) is 0 Å². The first-order valence-electron chi connectivity index (χ1n) is 3.61. The van der Waals surface area contributed by atoms with Gasteiger partial charge in [0.2, 0.25) is 0 Å². The number of hydrogen-bond donors (Lipinski definition) is 3. The molecule has 0 aromatic carbocycles. The van der Waals surface area contributed by atoms with Gasteiger partial charge in [-0.3, -0.25) is 9.59 Å². The minimum absolute atomic E-state index is 0.295. The summed E-state index contributed by atoms with van der Waals surface area (Å²) in [7, 11) is -3.96. The summed E-state index contributed by atoms with van der Waals surface area (Å²) in [6.07, 6.45) is -0.641. The lowest BCUT2D eigenvalue weighted by Gasteiger charge is -2.30. The zero-order valence-corrected chi connectivity index (χ0v) is 9.03. The van der Waals surface area contributed by atoms with Crippen LogP contribution in [0.3, 0.4) is 0 Å². The molecule has 0 spiro atoms. The lowest BCUT2D eigenvalue weighted by Crippen LogP contribution is -2.63. The lowest BCUT2D eigenvalue weighted by atomic mass is 10.3. The van der Waals surface area contributed by atoms with E-state index in [0.717, 1.165) is 0 Å². The highest BCUT2D eigenvalue weighted by molar-refractivity contribution is 6.74. The van der Waals surface area contributed by atoms with E-state index in [-0.39, 0.29) is 12.8 Å². The normalized spacial score (nSPS) is 18.6. The predicted molar refractivity (Wildman–Crippen MR) is 41.1 cm³/mol. The fourth-order valence-corrected chi connectivity index (χ4v) is 3.48. The van der Waals surface area contributed by atoms with E-state index in [1.807, 2.05) is 0 Å². The summed E-state index contributed by atoms with van der Waals surface area (Å²) in [5, 5.41) is 8.22. The van der Waals surface area contributed by atoms with Crippen molar-refractivity contribution in [2.24, 2.45) is 0 Å². The molecule has 0 bridgehead atoms. The maximum absolute atomic E-state index is 10.8. The fraction of sp³-hybridized carbons (Fsp3) is 0.500. The molecule has 8 nitrogen and oxygen atoms in total. The molecule has 1 rings (SSSR count). The Morgan fingerprint density at radius 3 is 2.29 bits per heavy atom. The van der Waals surface area contributed by atoms with E-state index in [2.05, 4.69) is 10.7 Å². The van der Waals surface area contributed by atoms with Crippen LogP contribution in [0.5, 0.6) is 0 Å². The summed E-state index contributed by atoms with van der Waals surface area (Å²) in [6, 6.07) is 0. The number of rotatable bonds is 4. The van der Waals surface area contributed by atoms with Gasteiger partial charge in [-0.25, -0.2) is 0 Å². The van der Waals surface area contributed by atoms with Crippen molar-refractivity contribution in [3.8, 4) is 0 Å². The Balaban J connectivity index is 2.14. The first-order valence-corrected chi connectivity index (χ1v) is 6.73. The molecule has 1 saturated heterocycles. The second-order valence-corrected chi connectivity index (χ2v) is 6.25. The summed E-state index contributed by atoms with van der Waals surface area (Å²) < 4.78 is 13.2. The summed E-state index contributed by atoms with van der Waals surface area (Å²) in [6.45, 7) is 0. The molecule has 0 atom stereocenters. The van der Waals surface area contributed by atoms with Crippen LogP contribution in [0.15, 0.2) is 0 Å². The van der Waals surface area contributed by atoms with Crippen LogP contribution in [0.2, 0.25) is 0 Å². The standard InChI is InChI=1S/C4H6O4.Al.H2O4Si/c5-3(6)1-2-4(7)8;;1-5(2,3)4/h1-2H2,(H,5,6)(H,7,8);;1-2H/q;+3;-2/p-1. The number of carbonyl (C=O) groups excluding carboxylic acids is 1. The molecular formula is C4H7AlO8Si. The molecule has 1 heterocycles. The summed E-state index contributed by atoms with van der Waals surface area (Å²) in [5.41, 5.74) is 0. The first kappa shape index (κ1) is 11.6. The van der Waals surface area contributed by atoms with E-state index >= 15 is 0 Å². The number of aliphatic carboxylic acids is 1. The molecule has 0 radical (unpaired) electrons. The Kier molecular flexibility index (Phi) is 3.62. The Hall–Kier alpha value is -0.471. The second kappa shape index (κ2) is 4.37. The van der Waals surface area contributed by atoms with Crippen molar-refractivity contribution in [1.29, 1.82) is 0 Å². The molecule has 10 heteroatoms. The third-order valence-electron chi connectivity index (χ3n) is 1.27. The maximum atomic E-state index is 10.8. The summed E-state index contributed by atoms with van der Waals surface area (Å²) in [4.78, 5) is 38.1. The van der Waals surface area contributed by atoms with E-state index < -0.39 is 36.1 Å². The molecule has 0 unspecified atom stereocenters. The zero-order chi connectivity index (χ0) is 10.8. The topological polar surface area (TPSA) is 123 Å². The number of carboxylic acid groups (broad SMARTS) is 1. The van der Waals surface area contributed by atoms with Crippen molar-refractivity contribution in [2.45, 2.75) is 12.8 Å². The molecule has 0 aliphatic carbocycles. The van der Waals surface area contributed by atoms with Gasteiger partial charge in [0.15, 0.2) is 0 Å². The average Bonchev–Trinajstić information content (AvgIpc) is 1.97. The smallest absolute Gasteiger partial charge is 0.573 e. The molecule has 14 heavy (non-hydrogen) atoms. The minimum atomic E-state index is -3.96. The van der Waals surface area contributed by atoms with Crippen LogP contribution in [0.25, 0.3) is 0 Å². The third-order valence-corrected chi connectivity index (χ3v) is 5.72. The number of carboxylic acids is 1. The van der Waals surface area contributed by atoms with Crippen molar-refractivity contribution in [3.63, 3.8) is 0 Å². The Labute approximate surface area is 84.5 Å². The van der Waals surface area contributed by atoms with Crippen molar-refractivity contribution in [2.75, 3.05) is 0 Å². The Bertz CT molecular complexity index is 246. The maximum Gasteiger partial charge on any atom is 0.990 e. The molecule has 0 aromatic rings. The largest absolute Gasteiger partial charge is 0.990 e. The highest BCUT2D eigenvalue weighted by atomic mass is 28.4. The number of carbonyl (C=O) groups is 2. The molecular weight excluding hydrogens is 231 g/mol. The summed E-state index contributed by atoms with van der Waals surface area (Å²) in [5.74, 6) is -1.90. The molecule has 0 saturated carbocycles. The molecule has 0 aromatic heterocycles. The monoisotopic (exact) mass is 238 g/mol. The molecule has 78 valence electrons. The molecule has 3 N–H and O–H groups in total. The van der Waals surface area contributed by atoms with Gasteiger partial charge >= 0.3 is 30.2 Å². The third kappa shape index (κ3) is 3.72. The van der Waals surface area contributed by atoms with Gasteiger partial charge in [-0.2, -0.15) is 0 Å². The number of hydrogen-bond acceptors (Lipinski definition) is 7. The SMILES string of the molecule is O=C(O)CCC(=O)[O][Al]1[O][Si](O)(O)[O]1. The van der Waals surface area contributed by atoms with Gasteiger partial charge < -0.3 is 25.4 Å². The van der Waals surface area contributed by atoms with Crippen LogP contribution in [-0.2, 0) is 20.3 Å². The highest BCUT2D eigenvalue weighted by Crippen LogP contribution is 2.16. The van der Waals surface area contributed by atoms with Gasteiger partial charge in [0.05, 0.1) is 12.8 Å². The van der Waals surface area contributed by atoms with Crippen molar-refractivity contribution < 1.29 is 35.0 Å². The first-order chi connectivity index (χ1) is 6.39. The van der Waals surface area contributed by atoms with Crippen LogP contribution in [0.1, 0.15) is 12.8 Å². The van der Waals surface area contributed by atoms with Crippen LogP contribution in [0, 0.1) is 0 Å². The minimum Gasteiger partial charge on any atom is -0.573 e. The van der Waals surface area contributed by atoms with Gasteiger partial charge in [-0.15, -0.1) is 0 Å². The van der Waals surface area contributed by atoms with Crippen LogP contribution >= 0.6 is 0 Å². The van der Waals surface area contributed by atoms with E-state index in [1.165, 1.54) is 0 Å². The highest BCUT2D eigenvalue weighted by Gasteiger charge is 2.64. The van der Waals surface area contributed by atoms with Gasteiger partial charge in [0.1, 0.15) is 0 Å². The molecule has 1 aliphatic rings. The Morgan fingerprint density at radius 2 is 1.86 bits per heavy atom. The average molecular weight is 238 g/mol. The van der Waals surface area contributed by atoms with Crippen LogP contribution in [0.4, 0.5) is 0 Å². The molecule has 1 fully saturated rings. The van der Waals surface area contributed by atoms with Crippen molar-refractivity contribution in [1.82, 2.24) is 0 Å². The van der Waals surface area contributed by atoms with Gasteiger partial charge in [0, 0.05) is 0 Å². The summed E-state index contributed by atoms with van der Waals surface area (Å²) >= 11 is -2.73. The van der Waals surface area contributed by atoms with Crippen LogP contribution < -0.4 is 0 Å². The van der Waals surface area contributed by atoms with Crippen molar-refractivity contribution >= 4 is 36.1 Å². The van der Waals surface area contributed by atoms with Gasteiger partial charge in [-0.05, 0) is 0 Å².